The van der Waals surface area contributed by atoms with Crippen LogP contribution in [0.2, 0.25) is 0 Å². The first kappa shape index (κ1) is 12.0. The first-order chi connectivity index (χ1) is 8.31. The van der Waals surface area contributed by atoms with Crippen LogP contribution in [0.5, 0.6) is 0 Å². The van der Waals surface area contributed by atoms with E-state index < -0.39 is 0 Å². The van der Waals surface area contributed by atoms with Crippen LogP contribution in [0, 0.1) is 5.92 Å². The number of carbonyl (C=O) groups excluding carboxylic acids is 1. The second kappa shape index (κ2) is 5.75. The highest BCUT2D eigenvalue weighted by molar-refractivity contribution is 5.72. The third-order valence-corrected chi connectivity index (χ3v) is 3.35. The molecule has 2 rings (SSSR count). The van der Waals surface area contributed by atoms with E-state index in [-0.39, 0.29) is 11.9 Å². The normalized spacial score (nSPS) is 24.3. The molecule has 1 fully saturated rings. The Morgan fingerprint density at radius 2 is 2.12 bits per heavy atom. The molecule has 1 aromatic heterocycles. The Labute approximate surface area is 101 Å². The molecule has 1 aromatic rings. The zero-order valence-corrected chi connectivity index (χ0v) is 10.1. The summed E-state index contributed by atoms with van der Waals surface area (Å²) < 4.78 is 5.06. The number of esters is 1. The molecule has 0 radical (unpaired) electrons. The zero-order valence-electron chi connectivity index (χ0n) is 10.1. The summed E-state index contributed by atoms with van der Waals surface area (Å²) in [7, 11) is 0. The molecule has 1 aliphatic rings. The highest BCUT2D eigenvalue weighted by Crippen LogP contribution is 2.34. The van der Waals surface area contributed by atoms with Crippen molar-refractivity contribution in [2.24, 2.45) is 5.92 Å². The fourth-order valence-electron chi connectivity index (χ4n) is 2.41. The van der Waals surface area contributed by atoms with Crippen molar-refractivity contribution in [3.8, 4) is 0 Å². The number of carbonyl (C=O) groups is 1. The quantitative estimate of drug-likeness (QED) is 0.753. The van der Waals surface area contributed by atoms with E-state index in [0.29, 0.717) is 12.5 Å². The molecular weight excluding hydrogens is 216 g/mol. The van der Waals surface area contributed by atoms with Gasteiger partial charge in [0.15, 0.2) is 0 Å². The van der Waals surface area contributed by atoms with Gasteiger partial charge in [-0.2, -0.15) is 0 Å². The molecule has 4 heteroatoms. The maximum Gasteiger partial charge on any atom is 0.308 e. The molecule has 0 unspecified atom stereocenters. The Morgan fingerprint density at radius 3 is 2.71 bits per heavy atom. The predicted molar refractivity (Wildman–Crippen MR) is 63.4 cm³/mol. The minimum absolute atomic E-state index is 0.0369. The van der Waals surface area contributed by atoms with Crippen molar-refractivity contribution in [2.75, 3.05) is 6.61 Å². The summed E-state index contributed by atoms with van der Waals surface area (Å²) in [6.45, 7) is 2.33. The molecule has 1 aliphatic carbocycles. The average molecular weight is 234 g/mol. The smallest absolute Gasteiger partial charge is 0.308 e. The van der Waals surface area contributed by atoms with E-state index in [1.54, 1.807) is 12.4 Å². The Morgan fingerprint density at radius 1 is 1.35 bits per heavy atom. The Hall–Kier alpha value is -1.45. The van der Waals surface area contributed by atoms with E-state index in [0.717, 1.165) is 31.4 Å². The summed E-state index contributed by atoms with van der Waals surface area (Å²) in [5.74, 6) is 0.502. The average Bonchev–Trinajstić information content (AvgIpc) is 2.40. The molecule has 4 nitrogen and oxygen atoms in total. The minimum Gasteiger partial charge on any atom is -0.466 e. The third kappa shape index (κ3) is 3.02. The van der Waals surface area contributed by atoms with Gasteiger partial charge in [0.2, 0.25) is 0 Å². The summed E-state index contributed by atoms with van der Waals surface area (Å²) >= 11 is 0. The lowest BCUT2D eigenvalue weighted by Crippen LogP contribution is -2.23. The van der Waals surface area contributed by atoms with Crippen molar-refractivity contribution >= 4 is 5.97 Å². The van der Waals surface area contributed by atoms with Gasteiger partial charge in [0.05, 0.1) is 18.2 Å². The first-order valence-corrected chi connectivity index (χ1v) is 6.23. The number of rotatable bonds is 3. The third-order valence-electron chi connectivity index (χ3n) is 3.35. The Kier molecular flexibility index (Phi) is 4.07. The van der Waals surface area contributed by atoms with Crippen LogP contribution in [-0.4, -0.2) is 22.5 Å². The van der Waals surface area contributed by atoms with Crippen LogP contribution in [0.3, 0.4) is 0 Å². The number of hydrogen-bond donors (Lipinski definition) is 0. The van der Waals surface area contributed by atoms with E-state index in [1.165, 1.54) is 0 Å². The second-order valence-electron chi connectivity index (χ2n) is 4.43. The Balaban J connectivity index is 1.88. The summed E-state index contributed by atoms with van der Waals surface area (Å²) in [5, 5.41) is 0. The lowest BCUT2D eigenvalue weighted by molar-refractivity contribution is -0.149. The van der Waals surface area contributed by atoms with Crippen molar-refractivity contribution < 1.29 is 9.53 Å². The molecule has 0 amide bonds. The van der Waals surface area contributed by atoms with Gasteiger partial charge in [-0.15, -0.1) is 0 Å². The maximum atomic E-state index is 11.6. The van der Waals surface area contributed by atoms with Gasteiger partial charge in [0, 0.05) is 24.5 Å². The van der Waals surface area contributed by atoms with Crippen LogP contribution in [0.15, 0.2) is 18.6 Å². The van der Waals surface area contributed by atoms with Gasteiger partial charge in [-0.3, -0.25) is 14.8 Å². The summed E-state index contributed by atoms with van der Waals surface area (Å²) in [6, 6.07) is 0. The van der Waals surface area contributed by atoms with Crippen LogP contribution in [0.25, 0.3) is 0 Å². The first-order valence-electron chi connectivity index (χ1n) is 6.23. The van der Waals surface area contributed by atoms with Crippen LogP contribution in [0.1, 0.15) is 44.2 Å². The molecule has 0 saturated heterocycles. The molecule has 1 heterocycles. The van der Waals surface area contributed by atoms with Gasteiger partial charge in [-0.25, -0.2) is 0 Å². The second-order valence-corrected chi connectivity index (χ2v) is 4.43. The number of ether oxygens (including phenoxy) is 1. The van der Waals surface area contributed by atoms with Crippen LogP contribution >= 0.6 is 0 Å². The predicted octanol–water partition coefficient (Wildman–Crippen LogP) is 2.31. The fraction of sp³-hybridized carbons (Fsp3) is 0.615. The van der Waals surface area contributed by atoms with Gasteiger partial charge in [-0.1, -0.05) is 0 Å². The fourth-order valence-corrected chi connectivity index (χ4v) is 2.41. The monoisotopic (exact) mass is 234 g/mol. The molecule has 0 N–H and O–H groups in total. The summed E-state index contributed by atoms with van der Waals surface area (Å²) in [5.41, 5.74) is 1.05. The topological polar surface area (TPSA) is 52.1 Å². The van der Waals surface area contributed by atoms with Crippen molar-refractivity contribution in [3.63, 3.8) is 0 Å². The van der Waals surface area contributed by atoms with Crippen molar-refractivity contribution in [3.05, 3.63) is 24.3 Å². The van der Waals surface area contributed by atoms with E-state index in [9.17, 15) is 4.79 Å². The van der Waals surface area contributed by atoms with Gasteiger partial charge in [-0.05, 0) is 32.6 Å². The lowest BCUT2D eigenvalue weighted by Gasteiger charge is -2.26. The van der Waals surface area contributed by atoms with Gasteiger partial charge in [0.1, 0.15) is 0 Å². The van der Waals surface area contributed by atoms with Gasteiger partial charge >= 0.3 is 5.97 Å². The van der Waals surface area contributed by atoms with Crippen LogP contribution in [-0.2, 0) is 9.53 Å². The Bertz CT molecular complexity index is 359. The number of hydrogen-bond acceptors (Lipinski definition) is 4. The molecular formula is C13H18N2O2. The van der Waals surface area contributed by atoms with E-state index >= 15 is 0 Å². The standard InChI is InChI=1S/C13H18N2O2/c1-2-17-13(16)11-5-3-10(4-6-11)12-9-14-7-8-15-12/h7-11H,2-6H2,1H3/t10-,11-. The molecule has 0 spiro atoms. The van der Waals surface area contributed by atoms with Crippen LogP contribution in [0.4, 0.5) is 0 Å². The minimum atomic E-state index is -0.0369. The molecule has 0 bridgehead atoms. The van der Waals surface area contributed by atoms with Crippen molar-refractivity contribution in [2.45, 2.75) is 38.5 Å². The molecule has 0 aromatic carbocycles. The highest BCUT2D eigenvalue weighted by Gasteiger charge is 2.28. The van der Waals surface area contributed by atoms with Crippen molar-refractivity contribution in [1.29, 1.82) is 0 Å². The van der Waals surface area contributed by atoms with Crippen molar-refractivity contribution in [1.82, 2.24) is 9.97 Å². The number of nitrogens with zero attached hydrogens (tertiary/aromatic N) is 2. The summed E-state index contributed by atoms with van der Waals surface area (Å²) in [6.07, 6.45) is 9.06. The molecule has 92 valence electrons. The van der Waals surface area contributed by atoms with E-state index in [2.05, 4.69) is 9.97 Å². The van der Waals surface area contributed by atoms with Crippen LogP contribution < -0.4 is 0 Å². The molecule has 17 heavy (non-hydrogen) atoms. The maximum absolute atomic E-state index is 11.6. The van der Waals surface area contributed by atoms with E-state index in [1.807, 2.05) is 13.1 Å². The SMILES string of the molecule is CCOC(=O)[C@H]1CC[C@H](c2cnccn2)CC1. The molecule has 0 atom stereocenters. The lowest BCUT2D eigenvalue weighted by atomic mass is 9.80. The molecule has 1 saturated carbocycles. The van der Waals surface area contributed by atoms with Gasteiger partial charge in [0.25, 0.3) is 0 Å². The molecule has 0 aliphatic heterocycles. The number of aromatic nitrogens is 2. The van der Waals surface area contributed by atoms with E-state index in [4.69, 9.17) is 4.74 Å². The largest absolute Gasteiger partial charge is 0.466 e. The van der Waals surface area contributed by atoms with Gasteiger partial charge < -0.3 is 4.74 Å². The highest BCUT2D eigenvalue weighted by atomic mass is 16.5. The zero-order chi connectivity index (χ0) is 12.1. The summed E-state index contributed by atoms with van der Waals surface area (Å²) in [4.78, 5) is 20.0.